The molecule has 0 bridgehead atoms. The van der Waals surface area contributed by atoms with Gasteiger partial charge < -0.3 is 0 Å². The summed E-state index contributed by atoms with van der Waals surface area (Å²) in [6.45, 7) is 2.01. The Bertz CT molecular complexity index is 769. The Morgan fingerprint density at radius 2 is 1.80 bits per heavy atom. The fraction of sp³-hybridized carbons (Fsp3) is 0.176. The zero-order chi connectivity index (χ0) is 14.1. The molecule has 100 valence electrons. The Hall–Kier alpha value is -2.42. The van der Waals surface area contributed by atoms with Gasteiger partial charge in [-0.05, 0) is 13.0 Å². The van der Waals surface area contributed by atoms with Crippen LogP contribution in [0.5, 0.6) is 0 Å². The number of carbonyl (C=O) groups excluding carboxylic acids is 1. The molecular formula is C17H16N2O. The van der Waals surface area contributed by atoms with Crippen molar-refractivity contribution in [1.29, 1.82) is 0 Å². The summed E-state index contributed by atoms with van der Waals surface area (Å²) in [5, 5.41) is 5.52. The maximum absolute atomic E-state index is 12.3. The number of Topliss-reactive ketones (excluding diaryl/α,β-unsaturated/α-hetero) is 1. The van der Waals surface area contributed by atoms with Gasteiger partial charge in [0.25, 0.3) is 0 Å². The molecule has 0 radical (unpaired) electrons. The number of fused-ring (bicyclic) bond motifs is 1. The van der Waals surface area contributed by atoms with E-state index in [-0.39, 0.29) is 5.78 Å². The maximum Gasteiger partial charge on any atom is 0.168 e. The number of hydrogen-bond acceptors (Lipinski definition) is 2. The molecule has 0 atom stereocenters. The van der Waals surface area contributed by atoms with E-state index in [0.29, 0.717) is 6.42 Å². The van der Waals surface area contributed by atoms with Gasteiger partial charge in [0.15, 0.2) is 5.78 Å². The van der Waals surface area contributed by atoms with Gasteiger partial charge in [-0.25, -0.2) is 0 Å². The third kappa shape index (κ3) is 2.23. The van der Waals surface area contributed by atoms with Crippen LogP contribution in [0.15, 0.2) is 48.5 Å². The van der Waals surface area contributed by atoms with Gasteiger partial charge in [-0.2, -0.15) is 5.10 Å². The molecule has 3 nitrogen and oxygen atoms in total. The van der Waals surface area contributed by atoms with Crippen molar-refractivity contribution < 1.29 is 4.79 Å². The second-order valence-corrected chi connectivity index (χ2v) is 5.05. The number of rotatable bonds is 3. The standard InChI is InChI=1S/C17H16N2O/c1-12-7-9-13(10-8-12)17(20)11-15-14-5-3-4-6-16(14)19(2)18-15/h3-10H,11H2,1-2H3. The first-order valence-electron chi connectivity index (χ1n) is 6.65. The summed E-state index contributed by atoms with van der Waals surface area (Å²) in [4.78, 5) is 12.3. The topological polar surface area (TPSA) is 34.9 Å². The second-order valence-electron chi connectivity index (χ2n) is 5.05. The molecule has 20 heavy (non-hydrogen) atoms. The van der Waals surface area contributed by atoms with Crippen LogP contribution in [0, 0.1) is 6.92 Å². The lowest BCUT2D eigenvalue weighted by atomic mass is 10.0. The smallest absolute Gasteiger partial charge is 0.168 e. The molecule has 0 aliphatic rings. The van der Waals surface area contributed by atoms with Gasteiger partial charge in [-0.3, -0.25) is 9.48 Å². The van der Waals surface area contributed by atoms with Gasteiger partial charge in [0.05, 0.1) is 17.6 Å². The average Bonchev–Trinajstić information content (AvgIpc) is 2.77. The van der Waals surface area contributed by atoms with Crippen molar-refractivity contribution in [1.82, 2.24) is 9.78 Å². The van der Waals surface area contributed by atoms with Gasteiger partial charge >= 0.3 is 0 Å². The third-order valence-corrected chi connectivity index (χ3v) is 3.54. The minimum absolute atomic E-state index is 0.105. The van der Waals surface area contributed by atoms with Gasteiger partial charge in [0.1, 0.15) is 0 Å². The van der Waals surface area contributed by atoms with E-state index in [4.69, 9.17) is 0 Å². The lowest BCUT2D eigenvalue weighted by molar-refractivity contribution is 0.0992. The highest BCUT2D eigenvalue weighted by atomic mass is 16.1. The largest absolute Gasteiger partial charge is 0.294 e. The van der Waals surface area contributed by atoms with Crippen LogP contribution in [-0.2, 0) is 13.5 Å². The molecule has 0 aliphatic carbocycles. The lowest BCUT2D eigenvalue weighted by Crippen LogP contribution is -2.04. The van der Waals surface area contributed by atoms with Crippen molar-refractivity contribution in [3.8, 4) is 0 Å². The van der Waals surface area contributed by atoms with Crippen LogP contribution in [0.1, 0.15) is 21.6 Å². The van der Waals surface area contributed by atoms with E-state index in [9.17, 15) is 4.79 Å². The molecule has 0 unspecified atom stereocenters. The SMILES string of the molecule is Cc1ccc(C(=O)Cc2nn(C)c3ccccc23)cc1. The van der Waals surface area contributed by atoms with Crippen molar-refractivity contribution in [3.05, 3.63) is 65.4 Å². The van der Waals surface area contributed by atoms with E-state index in [1.54, 1.807) is 0 Å². The van der Waals surface area contributed by atoms with Crippen molar-refractivity contribution in [2.45, 2.75) is 13.3 Å². The normalized spacial score (nSPS) is 10.9. The Morgan fingerprint density at radius 1 is 1.10 bits per heavy atom. The van der Waals surface area contributed by atoms with E-state index < -0.39 is 0 Å². The number of ketones is 1. The van der Waals surface area contributed by atoms with Gasteiger partial charge in [-0.1, -0.05) is 48.0 Å². The number of benzene rings is 2. The van der Waals surface area contributed by atoms with Crippen LogP contribution in [-0.4, -0.2) is 15.6 Å². The van der Waals surface area contributed by atoms with Crippen molar-refractivity contribution in [2.24, 2.45) is 7.05 Å². The molecule has 3 rings (SSSR count). The molecule has 1 heterocycles. The molecule has 3 aromatic rings. The van der Waals surface area contributed by atoms with Crippen molar-refractivity contribution in [2.75, 3.05) is 0 Å². The minimum atomic E-state index is 0.105. The first-order chi connectivity index (χ1) is 9.65. The molecule has 0 saturated heterocycles. The van der Waals surface area contributed by atoms with Gasteiger partial charge in [0.2, 0.25) is 0 Å². The summed E-state index contributed by atoms with van der Waals surface area (Å²) in [7, 11) is 1.90. The van der Waals surface area contributed by atoms with Crippen LogP contribution in [0.2, 0.25) is 0 Å². The highest BCUT2D eigenvalue weighted by Gasteiger charge is 2.13. The highest BCUT2D eigenvalue weighted by Crippen LogP contribution is 2.19. The van der Waals surface area contributed by atoms with Crippen LogP contribution in [0.4, 0.5) is 0 Å². The summed E-state index contributed by atoms with van der Waals surface area (Å²) < 4.78 is 1.83. The molecule has 0 aliphatic heterocycles. The molecule has 1 aromatic heterocycles. The van der Waals surface area contributed by atoms with Crippen LogP contribution < -0.4 is 0 Å². The lowest BCUT2D eigenvalue weighted by Gasteiger charge is -2.00. The summed E-state index contributed by atoms with van der Waals surface area (Å²) in [6, 6.07) is 15.7. The molecular weight excluding hydrogens is 248 g/mol. The van der Waals surface area contributed by atoms with Crippen molar-refractivity contribution >= 4 is 16.7 Å². The van der Waals surface area contributed by atoms with Gasteiger partial charge in [-0.15, -0.1) is 0 Å². The van der Waals surface area contributed by atoms with E-state index in [0.717, 1.165) is 27.7 Å². The second kappa shape index (κ2) is 4.93. The predicted molar refractivity (Wildman–Crippen MR) is 79.9 cm³/mol. The fourth-order valence-corrected chi connectivity index (χ4v) is 2.41. The number of aryl methyl sites for hydroxylation is 2. The van der Waals surface area contributed by atoms with Crippen LogP contribution >= 0.6 is 0 Å². The fourth-order valence-electron chi connectivity index (χ4n) is 2.41. The van der Waals surface area contributed by atoms with Crippen LogP contribution in [0.25, 0.3) is 10.9 Å². The number of nitrogens with zero attached hydrogens (tertiary/aromatic N) is 2. The summed E-state index contributed by atoms with van der Waals surface area (Å²) in [6.07, 6.45) is 0.338. The maximum atomic E-state index is 12.3. The molecule has 3 heteroatoms. The minimum Gasteiger partial charge on any atom is -0.294 e. The Balaban J connectivity index is 1.93. The molecule has 0 saturated carbocycles. The Kier molecular flexibility index (Phi) is 3.11. The highest BCUT2D eigenvalue weighted by molar-refractivity contribution is 5.99. The average molecular weight is 264 g/mol. The predicted octanol–water partition coefficient (Wildman–Crippen LogP) is 3.31. The molecule has 0 fully saturated rings. The zero-order valence-electron chi connectivity index (χ0n) is 11.6. The quantitative estimate of drug-likeness (QED) is 0.680. The number of hydrogen-bond donors (Lipinski definition) is 0. The molecule has 0 amide bonds. The zero-order valence-corrected chi connectivity index (χ0v) is 11.6. The Morgan fingerprint density at radius 3 is 2.55 bits per heavy atom. The number of para-hydroxylation sites is 1. The van der Waals surface area contributed by atoms with Crippen molar-refractivity contribution in [3.63, 3.8) is 0 Å². The number of aromatic nitrogens is 2. The molecule has 0 spiro atoms. The monoisotopic (exact) mass is 264 g/mol. The summed E-state index contributed by atoms with van der Waals surface area (Å²) in [5.74, 6) is 0.105. The Labute approximate surface area is 117 Å². The van der Waals surface area contributed by atoms with E-state index in [1.165, 1.54) is 0 Å². The molecule has 0 N–H and O–H groups in total. The van der Waals surface area contributed by atoms with E-state index in [1.807, 2.05) is 67.2 Å². The van der Waals surface area contributed by atoms with E-state index >= 15 is 0 Å². The van der Waals surface area contributed by atoms with E-state index in [2.05, 4.69) is 5.10 Å². The first kappa shape index (κ1) is 12.6. The van der Waals surface area contributed by atoms with Gasteiger partial charge in [0, 0.05) is 18.0 Å². The number of carbonyl (C=O) groups is 1. The summed E-state index contributed by atoms with van der Waals surface area (Å²) >= 11 is 0. The third-order valence-electron chi connectivity index (χ3n) is 3.54. The molecule has 2 aromatic carbocycles. The first-order valence-corrected chi connectivity index (χ1v) is 6.65. The van der Waals surface area contributed by atoms with Crippen LogP contribution in [0.3, 0.4) is 0 Å². The summed E-state index contributed by atoms with van der Waals surface area (Å²) in [5.41, 5.74) is 3.79.